The van der Waals surface area contributed by atoms with Crippen molar-refractivity contribution in [2.45, 2.75) is 13.3 Å². The molecule has 0 atom stereocenters. The Morgan fingerprint density at radius 2 is 1.79 bits per heavy atom. The van der Waals surface area contributed by atoms with E-state index < -0.39 is 0 Å². The topological polar surface area (TPSA) is 86.9 Å². The number of fused-ring (bicyclic) bond motifs is 1. The molecule has 6 nitrogen and oxygen atoms in total. The molecule has 28 heavy (non-hydrogen) atoms. The summed E-state index contributed by atoms with van der Waals surface area (Å²) in [5.41, 5.74) is 8.33. The summed E-state index contributed by atoms with van der Waals surface area (Å²) < 4.78 is 0. The molecule has 0 saturated heterocycles. The molecule has 0 aliphatic rings. The number of hydrazine groups is 1. The van der Waals surface area contributed by atoms with Crippen LogP contribution in [0.5, 0.6) is 0 Å². The third-order valence-corrected chi connectivity index (χ3v) is 5.30. The third-order valence-electron chi connectivity index (χ3n) is 4.33. The number of aromatic nitrogens is 2. The van der Waals surface area contributed by atoms with Crippen LogP contribution in [0.15, 0.2) is 60.8 Å². The first-order valence-electron chi connectivity index (χ1n) is 8.79. The fraction of sp³-hybridized carbons (Fsp3) is 0.0952. The zero-order valence-electron chi connectivity index (χ0n) is 15.2. The van der Waals surface area contributed by atoms with E-state index in [1.807, 2.05) is 67.7 Å². The molecular weight excluding hydrogens is 372 g/mol. The Labute approximate surface area is 165 Å². The molecule has 0 radical (unpaired) electrons. The second-order valence-electron chi connectivity index (χ2n) is 6.32. The molecule has 140 valence electrons. The first-order valence-corrected chi connectivity index (χ1v) is 9.60. The van der Waals surface area contributed by atoms with E-state index in [0.717, 1.165) is 27.0 Å². The smallest absolute Gasteiger partial charge is 0.282 e. The van der Waals surface area contributed by atoms with Gasteiger partial charge in [-0.15, -0.1) is 11.3 Å². The minimum absolute atomic E-state index is 0.164. The summed E-state index contributed by atoms with van der Waals surface area (Å²) in [4.78, 5) is 33.0. The van der Waals surface area contributed by atoms with Crippen molar-refractivity contribution < 1.29 is 9.59 Å². The lowest BCUT2D eigenvalue weighted by molar-refractivity contribution is -0.121. The maximum Gasteiger partial charge on any atom is 0.282 e. The van der Waals surface area contributed by atoms with Crippen molar-refractivity contribution >= 4 is 34.1 Å². The number of nitrogens with one attached hydrogen (secondary N) is 3. The number of carbonyl (C=O) groups is 2. The fourth-order valence-electron chi connectivity index (χ4n) is 3.05. The average Bonchev–Trinajstić information content (AvgIpc) is 3.31. The number of aryl methyl sites for hydroxylation is 1. The third kappa shape index (κ3) is 3.65. The number of para-hydroxylation sites is 1. The number of nitrogens with zero attached hydrogens (tertiary/aromatic N) is 1. The molecule has 3 N–H and O–H groups in total. The van der Waals surface area contributed by atoms with E-state index >= 15 is 0 Å². The summed E-state index contributed by atoms with van der Waals surface area (Å²) in [5, 5.41) is 1.78. The molecule has 4 aromatic rings. The summed E-state index contributed by atoms with van der Waals surface area (Å²) in [6, 6.07) is 17.3. The van der Waals surface area contributed by atoms with E-state index in [4.69, 9.17) is 0 Å². The summed E-state index contributed by atoms with van der Waals surface area (Å²) in [5.74, 6) is -0.669. The molecule has 2 aromatic carbocycles. The Morgan fingerprint density at radius 1 is 1.04 bits per heavy atom. The van der Waals surface area contributed by atoms with Crippen LogP contribution in [0, 0.1) is 6.92 Å². The van der Waals surface area contributed by atoms with E-state index in [1.165, 1.54) is 11.3 Å². The Hall–Kier alpha value is -3.45. The highest BCUT2D eigenvalue weighted by molar-refractivity contribution is 7.14. The predicted molar refractivity (Wildman–Crippen MR) is 110 cm³/mol. The lowest BCUT2D eigenvalue weighted by Crippen LogP contribution is -2.42. The molecular formula is C21H18N4O2S. The SMILES string of the molecule is Cc1nc(-c2ccccc2)c(C(=O)NNC(=O)Cc2c[nH]c3ccccc23)s1. The van der Waals surface area contributed by atoms with Gasteiger partial charge in [-0.25, -0.2) is 4.98 Å². The van der Waals surface area contributed by atoms with Crippen molar-refractivity contribution in [3.63, 3.8) is 0 Å². The van der Waals surface area contributed by atoms with Crippen LogP contribution in [0.2, 0.25) is 0 Å². The van der Waals surface area contributed by atoms with Crippen LogP contribution >= 0.6 is 11.3 Å². The quantitative estimate of drug-likeness (QED) is 0.465. The number of hydrogen-bond acceptors (Lipinski definition) is 4. The monoisotopic (exact) mass is 390 g/mol. The van der Waals surface area contributed by atoms with Crippen LogP contribution in [0.25, 0.3) is 22.2 Å². The van der Waals surface area contributed by atoms with Crippen LogP contribution < -0.4 is 10.9 Å². The second kappa shape index (κ2) is 7.66. The van der Waals surface area contributed by atoms with E-state index in [0.29, 0.717) is 10.6 Å². The number of amides is 2. The summed E-state index contributed by atoms with van der Waals surface area (Å²) in [7, 11) is 0. The standard InChI is InChI=1S/C21H18N4O2S/c1-13-23-19(14-7-3-2-4-8-14)20(28-13)21(27)25-24-18(26)11-15-12-22-17-10-6-5-9-16(15)17/h2-10,12,22H,11H2,1H3,(H,24,26)(H,25,27). The van der Waals surface area contributed by atoms with Crippen LogP contribution in [0.3, 0.4) is 0 Å². The van der Waals surface area contributed by atoms with Gasteiger partial charge in [0.05, 0.1) is 17.1 Å². The van der Waals surface area contributed by atoms with Crippen LogP contribution in [0.1, 0.15) is 20.2 Å². The minimum atomic E-state index is -0.378. The molecule has 0 spiro atoms. The first-order chi connectivity index (χ1) is 13.6. The summed E-state index contributed by atoms with van der Waals surface area (Å²) in [6.07, 6.45) is 1.98. The van der Waals surface area contributed by atoms with E-state index in [9.17, 15) is 9.59 Å². The minimum Gasteiger partial charge on any atom is -0.361 e. The second-order valence-corrected chi connectivity index (χ2v) is 7.52. The zero-order valence-corrected chi connectivity index (χ0v) is 16.0. The van der Waals surface area contributed by atoms with Gasteiger partial charge in [0.15, 0.2) is 0 Å². The van der Waals surface area contributed by atoms with Crippen molar-refractivity contribution in [3.8, 4) is 11.3 Å². The number of thiazole rings is 1. The van der Waals surface area contributed by atoms with Gasteiger partial charge in [0, 0.05) is 22.7 Å². The highest BCUT2D eigenvalue weighted by Gasteiger charge is 2.19. The molecule has 2 heterocycles. The van der Waals surface area contributed by atoms with Crippen molar-refractivity contribution in [2.24, 2.45) is 0 Å². The molecule has 7 heteroatoms. The van der Waals surface area contributed by atoms with Crippen molar-refractivity contribution in [2.75, 3.05) is 0 Å². The molecule has 4 rings (SSSR count). The van der Waals surface area contributed by atoms with Gasteiger partial charge in [-0.2, -0.15) is 0 Å². The molecule has 2 aromatic heterocycles. The molecule has 0 fully saturated rings. The maximum atomic E-state index is 12.6. The van der Waals surface area contributed by atoms with E-state index in [1.54, 1.807) is 0 Å². The van der Waals surface area contributed by atoms with Crippen molar-refractivity contribution in [1.29, 1.82) is 0 Å². The van der Waals surface area contributed by atoms with E-state index in [2.05, 4.69) is 20.8 Å². The Balaban J connectivity index is 1.44. The number of carbonyl (C=O) groups excluding carboxylic acids is 2. The van der Waals surface area contributed by atoms with Crippen LogP contribution in [-0.2, 0) is 11.2 Å². The van der Waals surface area contributed by atoms with Gasteiger partial charge in [0.25, 0.3) is 5.91 Å². The van der Waals surface area contributed by atoms with Gasteiger partial charge in [0.2, 0.25) is 5.91 Å². The lowest BCUT2D eigenvalue weighted by atomic mass is 10.1. The molecule has 0 unspecified atom stereocenters. The number of benzene rings is 2. The zero-order chi connectivity index (χ0) is 19.5. The Morgan fingerprint density at radius 3 is 2.61 bits per heavy atom. The molecule has 0 aliphatic carbocycles. The summed E-state index contributed by atoms with van der Waals surface area (Å²) >= 11 is 1.30. The Kier molecular flexibility index (Phi) is 4.90. The molecule has 0 aliphatic heterocycles. The van der Waals surface area contributed by atoms with Crippen molar-refractivity contribution in [1.82, 2.24) is 20.8 Å². The summed E-state index contributed by atoms with van der Waals surface area (Å²) in [6.45, 7) is 1.85. The highest BCUT2D eigenvalue weighted by atomic mass is 32.1. The van der Waals surface area contributed by atoms with Gasteiger partial charge < -0.3 is 4.98 Å². The lowest BCUT2D eigenvalue weighted by Gasteiger charge is -2.07. The molecule has 2 amide bonds. The molecule has 0 saturated carbocycles. The first kappa shape index (κ1) is 17.9. The van der Waals surface area contributed by atoms with Crippen molar-refractivity contribution in [3.05, 3.63) is 76.2 Å². The van der Waals surface area contributed by atoms with E-state index in [-0.39, 0.29) is 18.2 Å². The number of hydrogen-bond donors (Lipinski definition) is 3. The van der Waals surface area contributed by atoms with Gasteiger partial charge in [-0.3, -0.25) is 20.4 Å². The van der Waals surface area contributed by atoms with Crippen LogP contribution in [-0.4, -0.2) is 21.8 Å². The van der Waals surface area contributed by atoms with Gasteiger partial charge in [0.1, 0.15) is 4.88 Å². The normalized spacial score (nSPS) is 10.8. The van der Waals surface area contributed by atoms with Gasteiger partial charge >= 0.3 is 0 Å². The largest absolute Gasteiger partial charge is 0.361 e. The maximum absolute atomic E-state index is 12.6. The van der Waals surface area contributed by atoms with Gasteiger partial charge in [-0.1, -0.05) is 48.5 Å². The number of rotatable bonds is 4. The van der Waals surface area contributed by atoms with Crippen LogP contribution in [0.4, 0.5) is 0 Å². The fourth-order valence-corrected chi connectivity index (χ4v) is 3.89. The highest BCUT2D eigenvalue weighted by Crippen LogP contribution is 2.27. The molecule has 0 bridgehead atoms. The number of aromatic amines is 1. The number of H-pyrrole nitrogens is 1. The average molecular weight is 390 g/mol. The predicted octanol–water partition coefficient (Wildman–Crippen LogP) is 3.60. The van der Waals surface area contributed by atoms with Gasteiger partial charge in [-0.05, 0) is 18.6 Å². The Bertz CT molecular complexity index is 1150.